The zero-order chi connectivity index (χ0) is 30.8. The molecule has 0 aromatic carbocycles. The van der Waals surface area contributed by atoms with E-state index in [9.17, 15) is 18.9 Å². The Balaban J connectivity index is 4.83. The summed E-state index contributed by atoms with van der Waals surface area (Å²) in [6, 6.07) is 0. The number of esters is 1. The third-order valence-corrected chi connectivity index (χ3v) is 6.67. The second-order valence-corrected chi connectivity index (χ2v) is 10.7. The summed E-state index contributed by atoms with van der Waals surface area (Å²) in [5.41, 5.74) is 5.95. The monoisotopic (exact) mass is 611 g/mol. The number of nitrogens with two attached hydrogens (primary N) is 1. The lowest BCUT2D eigenvalue weighted by atomic mass is 10.3. The Morgan fingerprint density at radius 3 is 1.49 bits per heavy atom. The largest absolute Gasteiger partial charge is 0.508 e. The highest BCUT2D eigenvalue weighted by molar-refractivity contribution is 7.52. The lowest BCUT2D eigenvalue weighted by molar-refractivity contribution is -0.143. The summed E-state index contributed by atoms with van der Waals surface area (Å²) in [6.45, 7) is 6.32. The Morgan fingerprint density at radius 1 is 0.634 bits per heavy atom. The number of likely N-dealkylation sites (N-methyl/N-ethyl adjacent to an activating group) is 1. The molecule has 0 heterocycles. The molecule has 0 atom stereocenters. The fraction of sp³-hybridized carbons (Fsp3) is 0.846. The number of carbonyl (C=O) groups is 3. The third-order valence-electron chi connectivity index (χ3n) is 5.20. The Kier molecular flexibility index (Phi) is 23.6. The van der Waals surface area contributed by atoms with Gasteiger partial charge in [-0.1, -0.05) is 52.9 Å². The summed E-state index contributed by atoms with van der Waals surface area (Å²) >= 11 is 0. The summed E-state index contributed by atoms with van der Waals surface area (Å²) in [7, 11) is -2.68. The van der Waals surface area contributed by atoms with Crippen LogP contribution in [0.4, 0.5) is 9.59 Å². The molecule has 2 N–H and O–H groups in total. The van der Waals surface area contributed by atoms with Crippen LogP contribution in [0.15, 0.2) is 4.76 Å². The zero-order valence-corrected chi connectivity index (χ0v) is 26.0. The van der Waals surface area contributed by atoms with Gasteiger partial charge in [0.25, 0.3) is 0 Å². The standard InChI is InChI=1S/C26H50N3O11P/c1-5-8-11-16-35-25(31)37-18-13-20-39-41(33,28-24(27)29(4)22-23(30)34-15-10-7-3)40-21-14-19-38-26(32)36-17-12-9-6-2/h5-22H2,1-4H3,(H2,27,28,33). The van der Waals surface area contributed by atoms with Crippen molar-refractivity contribution in [1.82, 2.24) is 4.90 Å². The van der Waals surface area contributed by atoms with Gasteiger partial charge in [-0.3, -0.25) is 13.8 Å². The molecule has 0 aromatic rings. The molecular formula is C26H50N3O11P. The number of nitrogens with zero attached hydrogens (tertiary/aromatic N) is 2. The van der Waals surface area contributed by atoms with E-state index in [4.69, 9.17) is 38.5 Å². The van der Waals surface area contributed by atoms with Gasteiger partial charge < -0.3 is 34.3 Å². The summed E-state index contributed by atoms with van der Waals surface area (Å²) < 4.78 is 52.9. The van der Waals surface area contributed by atoms with Gasteiger partial charge in [-0.05, 0) is 19.3 Å². The number of guanidine groups is 1. The van der Waals surface area contributed by atoms with Gasteiger partial charge in [-0.15, -0.1) is 4.76 Å². The van der Waals surface area contributed by atoms with E-state index in [1.54, 1.807) is 0 Å². The van der Waals surface area contributed by atoms with Gasteiger partial charge >= 0.3 is 26.0 Å². The van der Waals surface area contributed by atoms with E-state index in [2.05, 4.69) is 4.76 Å². The van der Waals surface area contributed by atoms with Gasteiger partial charge in [-0.2, -0.15) is 0 Å². The highest BCUT2D eigenvalue weighted by Gasteiger charge is 2.26. The molecule has 0 radical (unpaired) electrons. The first-order valence-corrected chi connectivity index (χ1v) is 15.9. The predicted molar refractivity (Wildman–Crippen MR) is 153 cm³/mol. The molecular weight excluding hydrogens is 561 g/mol. The predicted octanol–water partition coefficient (Wildman–Crippen LogP) is 5.18. The maximum Gasteiger partial charge on any atom is 0.508 e. The van der Waals surface area contributed by atoms with Crippen LogP contribution in [-0.2, 0) is 42.1 Å². The van der Waals surface area contributed by atoms with E-state index in [0.29, 0.717) is 0 Å². The molecule has 15 heteroatoms. The molecule has 0 spiro atoms. The van der Waals surface area contributed by atoms with Gasteiger partial charge in [0, 0.05) is 19.9 Å². The minimum atomic E-state index is -4.15. The fourth-order valence-corrected chi connectivity index (χ4v) is 4.15. The van der Waals surface area contributed by atoms with Crippen LogP contribution < -0.4 is 5.73 Å². The van der Waals surface area contributed by atoms with E-state index < -0.39 is 26.0 Å². The molecule has 0 saturated heterocycles. The Labute approximate surface area is 244 Å². The Bertz CT molecular complexity index is 761. The minimum Gasteiger partial charge on any atom is -0.464 e. The van der Waals surface area contributed by atoms with Crippen LogP contribution in [0.5, 0.6) is 0 Å². The Hall–Kier alpha value is -2.57. The van der Waals surface area contributed by atoms with Gasteiger partial charge in [0.15, 0.2) is 0 Å². The fourth-order valence-electron chi connectivity index (χ4n) is 2.83. The second-order valence-electron chi connectivity index (χ2n) is 9.04. The van der Waals surface area contributed by atoms with Gasteiger partial charge in [0.2, 0.25) is 5.96 Å². The minimum absolute atomic E-state index is 0.0382. The van der Waals surface area contributed by atoms with Crippen molar-refractivity contribution >= 4 is 32.0 Å². The lowest BCUT2D eigenvalue weighted by Gasteiger charge is -2.20. The Morgan fingerprint density at radius 2 is 1.05 bits per heavy atom. The normalized spacial score (nSPS) is 11.6. The van der Waals surface area contributed by atoms with Crippen molar-refractivity contribution in [2.24, 2.45) is 10.5 Å². The molecule has 240 valence electrons. The van der Waals surface area contributed by atoms with Crippen molar-refractivity contribution in [2.75, 3.05) is 59.8 Å². The van der Waals surface area contributed by atoms with Crippen molar-refractivity contribution in [3.63, 3.8) is 0 Å². The number of unbranched alkanes of at least 4 members (excludes halogenated alkanes) is 5. The lowest BCUT2D eigenvalue weighted by Crippen LogP contribution is -2.38. The van der Waals surface area contributed by atoms with E-state index in [1.807, 2.05) is 20.8 Å². The summed E-state index contributed by atoms with van der Waals surface area (Å²) in [5, 5.41) is 0. The molecule has 0 aromatic heterocycles. The molecule has 0 amide bonds. The number of ether oxygens (including phenoxy) is 5. The third kappa shape index (κ3) is 22.8. The van der Waals surface area contributed by atoms with Crippen molar-refractivity contribution in [3.05, 3.63) is 0 Å². The van der Waals surface area contributed by atoms with Crippen molar-refractivity contribution in [2.45, 2.75) is 85.0 Å². The number of rotatable bonds is 24. The molecule has 0 saturated carbocycles. The smallest absolute Gasteiger partial charge is 0.464 e. The highest BCUT2D eigenvalue weighted by atomic mass is 31.2. The van der Waals surface area contributed by atoms with E-state index in [-0.39, 0.29) is 71.6 Å². The van der Waals surface area contributed by atoms with E-state index in [1.165, 1.54) is 11.9 Å². The van der Waals surface area contributed by atoms with Crippen LogP contribution in [0.3, 0.4) is 0 Å². The van der Waals surface area contributed by atoms with Crippen LogP contribution in [-0.4, -0.2) is 89.0 Å². The van der Waals surface area contributed by atoms with Crippen LogP contribution in [0.2, 0.25) is 0 Å². The van der Waals surface area contributed by atoms with Crippen molar-refractivity contribution < 1.29 is 51.7 Å². The van der Waals surface area contributed by atoms with Crippen LogP contribution in [0.25, 0.3) is 0 Å². The van der Waals surface area contributed by atoms with Crippen molar-refractivity contribution in [3.8, 4) is 0 Å². The average molecular weight is 612 g/mol. The topological polar surface area (TPSA) is 175 Å². The van der Waals surface area contributed by atoms with Crippen LogP contribution >= 0.6 is 7.75 Å². The molecule has 0 unspecified atom stereocenters. The van der Waals surface area contributed by atoms with Gasteiger partial charge in [0.05, 0.1) is 46.2 Å². The summed E-state index contributed by atoms with van der Waals surface area (Å²) in [6.07, 6.45) is 5.80. The van der Waals surface area contributed by atoms with E-state index >= 15 is 0 Å². The van der Waals surface area contributed by atoms with Crippen LogP contribution in [0, 0.1) is 0 Å². The zero-order valence-electron chi connectivity index (χ0n) is 25.1. The van der Waals surface area contributed by atoms with Gasteiger partial charge in [-0.25, -0.2) is 14.2 Å². The number of hydrogen-bond acceptors (Lipinski definition) is 11. The average Bonchev–Trinajstić information content (AvgIpc) is 2.93. The number of hydrogen-bond donors (Lipinski definition) is 1. The molecule has 0 aliphatic carbocycles. The first-order valence-electron chi connectivity index (χ1n) is 14.4. The first-order chi connectivity index (χ1) is 19.7. The molecule has 14 nitrogen and oxygen atoms in total. The maximum atomic E-state index is 13.3. The van der Waals surface area contributed by atoms with Crippen LogP contribution in [0.1, 0.15) is 85.0 Å². The first kappa shape index (κ1) is 38.4. The molecule has 0 aliphatic heterocycles. The number of carbonyl (C=O) groups excluding carboxylic acids is 3. The molecule has 0 aliphatic rings. The van der Waals surface area contributed by atoms with Gasteiger partial charge in [0.1, 0.15) is 6.54 Å². The molecule has 41 heavy (non-hydrogen) atoms. The molecule has 0 fully saturated rings. The second kappa shape index (κ2) is 25.2. The highest BCUT2D eigenvalue weighted by Crippen LogP contribution is 2.50. The van der Waals surface area contributed by atoms with Crippen molar-refractivity contribution in [1.29, 1.82) is 0 Å². The molecule has 0 bridgehead atoms. The molecule has 0 rings (SSSR count). The summed E-state index contributed by atoms with van der Waals surface area (Å²) in [4.78, 5) is 36.4. The van der Waals surface area contributed by atoms with E-state index in [0.717, 1.165) is 51.4 Å². The maximum absolute atomic E-state index is 13.3. The quantitative estimate of drug-likeness (QED) is 0.0377. The SMILES string of the molecule is CCCCCOC(=O)OCCCOP(=O)(/N=C(\N)N(C)CC(=O)OCCCC)OCCCOC(=O)OCCCCC. The summed E-state index contributed by atoms with van der Waals surface area (Å²) in [5.74, 6) is -0.784.